The zero-order valence-electron chi connectivity index (χ0n) is 35.2. The van der Waals surface area contributed by atoms with Crippen molar-refractivity contribution in [3.63, 3.8) is 0 Å². The number of esters is 4. The van der Waals surface area contributed by atoms with E-state index in [1.807, 2.05) is 0 Å². The van der Waals surface area contributed by atoms with Crippen LogP contribution in [0.2, 0.25) is 0 Å². The number of ether oxygens (including phenoxy) is 4. The van der Waals surface area contributed by atoms with E-state index in [1.54, 1.807) is 0 Å². The second kappa shape index (κ2) is 36.5. The lowest BCUT2D eigenvalue weighted by Crippen LogP contribution is -2.35. The lowest BCUT2D eigenvalue weighted by atomic mass is 10.0. The van der Waals surface area contributed by atoms with Gasteiger partial charge in [-0.15, -0.1) is 0 Å². The zero-order valence-corrected chi connectivity index (χ0v) is 35.2. The van der Waals surface area contributed by atoms with Crippen molar-refractivity contribution >= 4 is 23.9 Å². The van der Waals surface area contributed by atoms with Crippen LogP contribution in [0.25, 0.3) is 0 Å². The normalized spacial score (nSPS) is 14.6. The highest BCUT2D eigenvalue weighted by molar-refractivity contribution is 5.76. The maximum Gasteiger partial charge on any atom is 0.323 e. The van der Waals surface area contributed by atoms with E-state index in [1.165, 1.54) is 77.0 Å². The summed E-state index contributed by atoms with van der Waals surface area (Å²) >= 11 is 0. The summed E-state index contributed by atoms with van der Waals surface area (Å²) in [5.74, 6) is -0.858. The van der Waals surface area contributed by atoms with Gasteiger partial charge in [0, 0.05) is 25.2 Å². The predicted molar refractivity (Wildman–Crippen MR) is 218 cm³/mol. The summed E-state index contributed by atoms with van der Waals surface area (Å²) in [6, 6.07) is -0.197. The van der Waals surface area contributed by atoms with Crippen molar-refractivity contribution in [2.45, 2.75) is 232 Å². The molecule has 0 saturated carbocycles. The molecule has 0 spiro atoms. The molecule has 1 unspecified atom stereocenters. The number of nitrogens with one attached hydrogen (secondary N) is 1. The minimum atomic E-state index is -0.228. The standard InChI is InChI=1S/C45H83NO8/c1-4-7-10-13-14-15-16-17-20-21-29-40(54-45(50)41-31-26-35-46-41)30-27-36-51-42(47)34-25-24-28-39(37-52-43(48)32-22-18-11-8-5-2)38-53-44(49)33-23-19-12-9-6-3/h39-41,46H,4-38H2,1-3H3/t40?,41-/m0/s1. The van der Waals surface area contributed by atoms with Crippen LogP contribution in [0, 0.1) is 5.92 Å². The summed E-state index contributed by atoms with van der Waals surface area (Å²) in [4.78, 5) is 50.0. The molecule has 1 rings (SSSR count). The van der Waals surface area contributed by atoms with Crippen LogP contribution in [-0.2, 0) is 38.1 Å². The molecule has 9 heteroatoms. The van der Waals surface area contributed by atoms with E-state index in [0.717, 1.165) is 83.6 Å². The Morgan fingerprint density at radius 3 is 1.44 bits per heavy atom. The molecule has 316 valence electrons. The van der Waals surface area contributed by atoms with E-state index in [2.05, 4.69) is 26.1 Å². The molecule has 0 radical (unpaired) electrons. The number of unbranched alkanes of at least 4 members (excludes halogenated alkanes) is 18. The van der Waals surface area contributed by atoms with E-state index in [4.69, 9.17) is 18.9 Å². The Morgan fingerprint density at radius 1 is 0.519 bits per heavy atom. The first-order chi connectivity index (χ1) is 26.4. The summed E-state index contributed by atoms with van der Waals surface area (Å²) in [7, 11) is 0. The monoisotopic (exact) mass is 766 g/mol. The van der Waals surface area contributed by atoms with Gasteiger partial charge in [-0.05, 0) is 70.8 Å². The molecule has 1 N–H and O–H groups in total. The van der Waals surface area contributed by atoms with Crippen molar-refractivity contribution in [1.29, 1.82) is 0 Å². The van der Waals surface area contributed by atoms with Gasteiger partial charge in [0.05, 0.1) is 19.8 Å². The molecule has 2 atom stereocenters. The summed E-state index contributed by atoms with van der Waals surface area (Å²) in [5, 5.41) is 3.25. The van der Waals surface area contributed by atoms with Gasteiger partial charge in [-0.3, -0.25) is 19.2 Å². The van der Waals surface area contributed by atoms with Crippen molar-refractivity contribution in [2.24, 2.45) is 5.92 Å². The van der Waals surface area contributed by atoms with Crippen molar-refractivity contribution in [1.82, 2.24) is 5.32 Å². The average Bonchev–Trinajstić information content (AvgIpc) is 3.72. The molecule has 0 aromatic heterocycles. The number of carbonyl (C=O) groups is 4. The van der Waals surface area contributed by atoms with Gasteiger partial charge in [0.2, 0.25) is 0 Å². The van der Waals surface area contributed by atoms with Gasteiger partial charge in [-0.2, -0.15) is 0 Å². The lowest BCUT2D eigenvalue weighted by molar-refractivity contribution is -0.153. The molecule has 0 aliphatic carbocycles. The van der Waals surface area contributed by atoms with Crippen LogP contribution in [0.3, 0.4) is 0 Å². The van der Waals surface area contributed by atoms with Gasteiger partial charge >= 0.3 is 23.9 Å². The second-order valence-electron chi connectivity index (χ2n) is 15.8. The van der Waals surface area contributed by atoms with Crippen molar-refractivity contribution in [3.8, 4) is 0 Å². The topological polar surface area (TPSA) is 117 Å². The highest BCUT2D eigenvalue weighted by atomic mass is 16.6. The summed E-state index contributed by atoms with van der Waals surface area (Å²) in [5.41, 5.74) is 0. The Hall–Kier alpha value is -2.16. The fourth-order valence-electron chi connectivity index (χ4n) is 7.05. The maximum atomic E-state index is 12.7. The largest absolute Gasteiger partial charge is 0.466 e. The third-order valence-electron chi connectivity index (χ3n) is 10.6. The van der Waals surface area contributed by atoms with Crippen LogP contribution < -0.4 is 5.32 Å². The second-order valence-corrected chi connectivity index (χ2v) is 15.8. The number of rotatable bonds is 38. The molecular formula is C45H83NO8. The minimum absolute atomic E-state index is 0.0938. The average molecular weight is 766 g/mol. The first-order valence-corrected chi connectivity index (χ1v) is 22.8. The lowest BCUT2D eigenvalue weighted by Gasteiger charge is -2.20. The van der Waals surface area contributed by atoms with Gasteiger partial charge in [0.25, 0.3) is 0 Å². The SMILES string of the molecule is CCCCCCCCCCCCC(CCCOC(=O)CCCCC(COC(=O)CCCCCCC)COC(=O)CCCCCCC)OC(=O)[C@@H]1CCCN1. The summed E-state index contributed by atoms with van der Waals surface area (Å²) in [6.45, 7) is 8.22. The van der Waals surface area contributed by atoms with E-state index >= 15 is 0 Å². The fourth-order valence-corrected chi connectivity index (χ4v) is 7.05. The molecule has 1 fully saturated rings. The van der Waals surface area contributed by atoms with Gasteiger partial charge in [-0.1, -0.05) is 136 Å². The minimum Gasteiger partial charge on any atom is -0.466 e. The van der Waals surface area contributed by atoms with Gasteiger partial charge in [-0.25, -0.2) is 0 Å². The Bertz CT molecular complexity index is 891. The van der Waals surface area contributed by atoms with Gasteiger partial charge in [0.1, 0.15) is 12.1 Å². The Balaban J connectivity index is 2.40. The Kier molecular flexibility index (Phi) is 33.7. The van der Waals surface area contributed by atoms with E-state index in [9.17, 15) is 19.2 Å². The molecule has 0 bridgehead atoms. The molecule has 9 nitrogen and oxygen atoms in total. The van der Waals surface area contributed by atoms with Gasteiger partial charge in [0.15, 0.2) is 0 Å². The predicted octanol–water partition coefficient (Wildman–Crippen LogP) is 11.3. The molecule has 0 aromatic rings. The molecule has 1 aliphatic rings. The van der Waals surface area contributed by atoms with Crippen LogP contribution in [0.4, 0.5) is 0 Å². The smallest absolute Gasteiger partial charge is 0.323 e. The van der Waals surface area contributed by atoms with Crippen LogP contribution in [-0.4, -0.2) is 62.4 Å². The zero-order chi connectivity index (χ0) is 39.3. The summed E-state index contributed by atoms with van der Waals surface area (Å²) in [6.07, 6.45) is 30.5. The molecule has 54 heavy (non-hydrogen) atoms. The fraction of sp³-hybridized carbons (Fsp3) is 0.911. The van der Waals surface area contributed by atoms with Gasteiger partial charge < -0.3 is 24.3 Å². The van der Waals surface area contributed by atoms with Crippen LogP contribution in [0.5, 0.6) is 0 Å². The van der Waals surface area contributed by atoms with E-state index in [-0.39, 0.29) is 55.2 Å². The van der Waals surface area contributed by atoms with Crippen molar-refractivity contribution < 1.29 is 38.1 Å². The first-order valence-electron chi connectivity index (χ1n) is 22.8. The Labute approximate surface area is 330 Å². The number of hydrogen-bond acceptors (Lipinski definition) is 9. The van der Waals surface area contributed by atoms with Crippen LogP contribution >= 0.6 is 0 Å². The highest BCUT2D eigenvalue weighted by Crippen LogP contribution is 2.19. The molecular weight excluding hydrogens is 682 g/mol. The molecule has 1 saturated heterocycles. The van der Waals surface area contributed by atoms with E-state index in [0.29, 0.717) is 51.6 Å². The first kappa shape index (κ1) is 49.9. The quantitative estimate of drug-likeness (QED) is 0.0372. The third kappa shape index (κ3) is 30.1. The molecule has 0 aromatic carbocycles. The molecule has 1 heterocycles. The van der Waals surface area contributed by atoms with Crippen LogP contribution in [0.15, 0.2) is 0 Å². The van der Waals surface area contributed by atoms with Crippen molar-refractivity contribution in [2.75, 3.05) is 26.4 Å². The summed E-state index contributed by atoms with van der Waals surface area (Å²) < 4.78 is 22.7. The van der Waals surface area contributed by atoms with Crippen LogP contribution in [0.1, 0.15) is 220 Å². The Morgan fingerprint density at radius 2 is 0.944 bits per heavy atom. The number of hydrogen-bond donors (Lipinski definition) is 1. The third-order valence-corrected chi connectivity index (χ3v) is 10.6. The highest BCUT2D eigenvalue weighted by Gasteiger charge is 2.26. The molecule has 1 aliphatic heterocycles. The molecule has 0 amide bonds. The van der Waals surface area contributed by atoms with Crippen molar-refractivity contribution in [3.05, 3.63) is 0 Å². The number of carbonyl (C=O) groups excluding carboxylic acids is 4. The maximum absolute atomic E-state index is 12.7. The van der Waals surface area contributed by atoms with E-state index < -0.39 is 0 Å².